The van der Waals surface area contributed by atoms with E-state index in [0.29, 0.717) is 6.42 Å². The zero-order chi connectivity index (χ0) is 34.6. The number of esters is 2. The normalized spacial score (nSPS) is 11.5. The van der Waals surface area contributed by atoms with E-state index in [2.05, 4.69) is 25.5 Å². The molecule has 1 atom stereocenters. The van der Waals surface area contributed by atoms with Crippen LogP contribution in [0.3, 0.4) is 0 Å². The van der Waals surface area contributed by atoms with Crippen molar-refractivity contribution in [2.75, 3.05) is 0 Å². The van der Waals surface area contributed by atoms with E-state index in [1.54, 1.807) is 6.92 Å². The van der Waals surface area contributed by atoms with Crippen molar-refractivity contribution < 1.29 is 37.2 Å². The van der Waals surface area contributed by atoms with Gasteiger partial charge in [0, 0.05) is 12.8 Å². The number of carboxylic acid groups (broad SMARTS) is 1. The zero-order valence-electron chi connectivity index (χ0n) is 29.9. The van der Waals surface area contributed by atoms with Gasteiger partial charge in [-0.1, -0.05) is 189 Å². The van der Waals surface area contributed by atoms with Gasteiger partial charge in [-0.05, 0) is 6.42 Å². The van der Waals surface area contributed by atoms with Crippen molar-refractivity contribution in [1.29, 1.82) is 0 Å². The number of unbranched alkanes of at least 4 members (excludes halogenated alkanes) is 22. The Hall–Kier alpha value is -1.48. The Morgan fingerprint density at radius 1 is 0.511 bits per heavy atom. The fraction of sp³-hybridized carbons (Fsp3) is 0.917. The molecule has 270 valence electrons. The minimum absolute atomic E-state index is 0.0242. The van der Waals surface area contributed by atoms with Gasteiger partial charge in [-0.3, -0.25) is 18.9 Å². The molecule has 0 aromatic carbocycles. The Bertz CT molecular complexity index is 751. The molecule has 0 fully saturated rings. The van der Waals surface area contributed by atoms with Gasteiger partial charge in [-0.2, -0.15) is 8.42 Å². The zero-order valence-corrected chi connectivity index (χ0v) is 30.7. The first-order chi connectivity index (χ1) is 21.5. The highest BCUT2D eigenvalue weighted by Crippen LogP contribution is 2.16. The molecule has 0 aromatic rings. The Labute approximate surface area is 278 Å². The van der Waals surface area contributed by atoms with Gasteiger partial charge in [0.15, 0.2) is 5.25 Å². The summed E-state index contributed by atoms with van der Waals surface area (Å²) in [5.74, 6) is -2.73. The molecule has 2 N–H and O–H groups in total. The van der Waals surface area contributed by atoms with E-state index < -0.39 is 33.3 Å². The SMILES string of the molecule is CCC(=O)O.CCCCCCCCCCC(C(=O)OC(=O)CC)S(=O)(=O)O.CCCCCCCCCCCCCCCCCC. The number of hydrogen-bond acceptors (Lipinski definition) is 6. The van der Waals surface area contributed by atoms with E-state index in [1.165, 1.54) is 129 Å². The van der Waals surface area contributed by atoms with E-state index in [1.807, 2.05) is 0 Å². The molecule has 0 saturated heterocycles. The van der Waals surface area contributed by atoms with E-state index >= 15 is 0 Å². The number of carbonyl (C=O) groups excluding carboxylic acids is 2. The summed E-state index contributed by atoms with van der Waals surface area (Å²) in [6.45, 7) is 9.83. The maximum absolute atomic E-state index is 11.6. The highest BCUT2D eigenvalue weighted by molar-refractivity contribution is 7.87. The molecule has 9 heteroatoms. The minimum atomic E-state index is -4.55. The largest absolute Gasteiger partial charge is 0.481 e. The third-order valence-corrected chi connectivity index (χ3v) is 8.85. The Kier molecular flexibility index (Phi) is 39.4. The van der Waals surface area contributed by atoms with Crippen LogP contribution in [0.25, 0.3) is 0 Å². The van der Waals surface area contributed by atoms with Crippen molar-refractivity contribution in [3.8, 4) is 0 Å². The average molecular weight is 665 g/mol. The van der Waals surface area contributed by atoms with E-state index in [4.69, 9.17) is 9.66 Å². The summed E-state index contributed by atoms with van der Waals surface area (Å²) in [6, 6.07) is 0. The number of rotatable bonds is 28. The molecule has 8 nitrogen and oxygen atoms in total. The van der Waals surface area contributed by atoms with Crippen LogP contribution in [0.2, 0.25) is 0 Å². The van der Waals surface area contributed by atoms with Crippen LogP contribution in [-0.2, 0) is 29.2 Å². The van der Waals surface area contributed by atoms with Gasteiger partial charge in [0.2, 0.25) is 0 Å². The van der Waals surface area contributed by atoms with E-state index in [-0.39, 0.29) is 19.3 Å². The molecule has 0 aliphatic heterocycles. The minimum Gasteiger partial charge on any atom is -0.481 e. The maximum Gasteiger partial charge on any atom is 0.334 e. The molecule has 0 aliphatic rings. The molecule has 0 spiro atoms. The van der Waals surface area contributed by atoms with E-state index in [9.17, 15) is 22.8 Å². The number of aliphatic carboxylic acids is 1. The topological polar surface area (TPSA) is 135 Å². The molecule has 0 saturated carbocycles. The van der Waals surface area contributed by atoms with Gasteiger partial charge in [0.1, 0.15) is 0 Å². The summed E-state index contributed by atoms with van der Waals surface area (Å²) in [7, 11) is -4.55. The lowest BCUT2D eigenvalue weighted by molar-refractivity contribution is -0.159. The molecule has 0 bridgehead atoms. The lowest BCUT2D eigenvalue weighted by Crippen LogP contribution is -2.33. The van der Waals surface area contributed by atoms with Gasteiger partial charge >= 0.3 is 17.9 Å². The molecule has 0 amide bonds. The molecule has 0 heterocycles. The smallest absolute Gasteiger partial charge is 0.334 e. The van der Waals surface area contributed by atoms with Crippen LogP contribution in [-0.4, -0.2) is 41.2 Å². The summed E-state index contributed by atoms with van der Waals surface area (Å²) < 4.78 is 35.9. The number of ether oxygens (including phenoxy) is 1. The molecule has 0 aromatic heterocycles. The highest BCUT2D eigenvalue weighted by atomic mass is 32.2. The summed E-state index contributed by atoms with van der Waals surface area (Å²) in [4.78, 5) is 32.0. The van der Waals surface area contributed by atoms with Crippen molar-refractivity contribution >= 4 is 28.0 Å². The Balaban J connectivity index is -0.000000690. The fourth-order valence-electron chi connectivity index (χ4n) is 4.72. The molecular formula is C36H72O8S. The quantitative estimate of drug-likeness (QED) is 0.0365. The summed E-state index contributed by atoms with van der Waals surface area (Å²) >= 11 is 0. The number of hydrogen-bond donors (Lipinski definition) is 2. The lowest BCUT2D eigenvalue weighted by Gasteiger charge is -2.12. The first kappa shape index (κ1) is 47.9. The van der Waals surface area contributed by atoms with Crippen LogP contribution < -0.4 is 0 Å². The number of carboxylic acids is 1. The van der Waals surface area contributed by atoms with Crippen molar-refractivity contribution in [3.63, 3.8) is 0 Å². The second-order valence-electron chi connectivity index (χ2n) is 12.1. The molecule has 45 heavy (non-hydrogen) atoms. The van der Waals surface area contributed by atoms with Gasteiger partial charge < -0.3 is 9.84 Å². The monoisotopic (exact) mass is 664 g/mol. The van der Waals surface area contributed by atoms with Crippen molar-refractivity contribution in [2.24, 2.45) is 0 Å². The first-order valence-corrected chi connectivity index (χ1v) is 19.9. The van der Waals surface area contributed by atoms with Crippen molar-refractivity contribution in [3.05, 3.63) is 0 Å². The predicted octanol–water partition coefficient (Wildman–Crippen LogP) is 11.0. The molecule has 1 unspecified atom stereocenters. The Morgan fingerprint density at radius 3 is 1.00 bits per heavy atom. The molecule has 0 rings (SSSR count). The predicted molar refractivity (Wildman–Crippen MR) is 187 cm³/mol. The highest BCUT2D eigenvalue weighted by Gasteiger charge is 2.33. The molecular weight excluding hydrogens is 592 g/mol. The van der Waals surface area contributed by atoms with Crippen LogP contribution in [0.4, 0.5) is 0 Å². The van der Waals surface area contributed by atoms with Gasteiger partial charge in [0.25, 0.3) is 10.1 Å². The fourth-order valence-corrected chi connectivity index (χ4v) is 5.48. The van der Waals surface area contributed by atoms with Crippen LogP contribution in [0, 0.1) is 0 Å². The third-order valence-electron chi connectivity index (χ3n) is 7.70. The van der Waals surface area contributed by atoms with Crippen LogP contribution in [0.15, 0.2) is 0 Å². The van der Waals surface area contributed by atoms with Gasteiger partial charge in [-0.15, -0.1) is 0 Å². The average Bonchev–Trinajstić information content (AvgIpc) is 3.00. The molecule has 0 radical (unpaired) electrons. The second kappa shape index (κ2) is 37.0. The van der Waals surface area contributed by atoms with Crippen molar-refractivity contribution in [1.82, 2.24) is 0 Å². The maximum atomic E-state index is 11.6. The summed E-state index contributed by atoms with van der Waals surface area (Å²) in [5.41, 5.74) is 0. The van der Waals surface area contributed by atoms with Crippen LogP contribution >= 0.6 is 0 Å². The van der Waals surface area contributed by atoms with Crippen molar-refractivity contribution in [2.45, 2.75) is 213 Å². The second-order valence-corrected chi connectivity index (χ2v) is 13.7. The third kappa shape index (κ3) is 40.5. The van der Waals surface area contributed by atoms with Crippen LogP contribution in [0.5, 0.6) is 0 Å². The van der Waals surface area contributed by atoms with Gasteiger partial charge in [-0.25, -0.2) is 0 Å². The standard InChI is InChI=1S/C18H38.C15H28O6S.C3H6O2/c1-3-5-7-9-11-13-15-17-18-16-14-12-10-8-6-4-2;1-3-5-6-7-8-9-10-11-12-13(22(18,19)20)15(17)21-14(16)4-2;1-2-3(4)5/h3-18H2,1-2H3;13H,3-12H2,1-2H3,(H,18,19,20);2H2,1H3,(H,4,5). The Morgan fingerprint density at radius 2 is 0.778 bits per heavy atom. The van der Waals surface area contributed by atoms with Crippen LogP contribution in [0.1, 0.15) is 208 Å². The van der Waals surface area contributed by atoms with E-state index in [0.717, 1.165) is 25.7 Å². The summed E-state index contributed by atoms with van der Waals surface area (Å²) in [5, 5.41) is 6.06. The first-order valence-electron chi connectivity index (χ1n) is 18.4. The number of carbonyl (C=O) groups is 3. The molecule has 0 aliphatic carbocycles. The van der Waals surface area contributed by atoms with Gasteiger partial charge in [0.05, 0.1) is 0 Å². The summed E-state index contributed by atoms with van der Waals surface area (Å²) in [6.07, 6.45) is 31.7. The lowest BCUT2D eigenvalue weighted by atomic mass is 10.0.